The van der Waals surface area contributed by atoms with Crippen LogP contribution in [0.25, 0.3) is 0 Å². The fourth-order valence-electron chi connectivity index (χ4n) is 4.19. The molecule has 28 heavy (non-hydrogen) atoms. The van der Waals surface area contributed by atoms with E-state index in [0.717, 1.165) is 13.2 Å². The third-order valence-corrected chi connectivity index (χ3v) is 9.75. The Balaban J connectivity index is 3.57. The Kier molecular flexibility index (Phi) is 21.9. The van der Waals surface area contributed by atoms with Gasteiger partial charge >= 0.3 is 8.56 Å². The molecule has 0 saturated heterocycles. The topological polar surface area (TPSA) is 18.5 Å². The molecule has 0 fully saturated rings. The highest BCUT2D eigenvalue weighted by Crippen LogP contribution is 2.25. The van der Waals surface area contributed by atoms with Crippen LogP contribution in [-0.4, -0.2) is 21.8 Å². The monoisotopic (exact) mass is 414 g/mol. The molecule has 0 aliphatic heterocycles. The summed E-state index contributed by atoms with van der Waals surface area (Å²) in [6.07, 6.45) is 23.9. The van der Waals surface area contributed by atoms with Gasteiger partial charge in [0.2, 0.25) is 0 Å². The van der Waals surface area contributed by atoms with Gasteiger partial charge < -0.3 is 8.85 Å². The molecular weight excluding hydrogens is 360 g/mol. The molecule has 0 aliphatic carbocycles. The van der Waals surface area contributed by atoms with Crippen LogP contribution in [0, 0.1) is 0 Å². The van der Waals surface area contributed by atoms with Crippen LogP contribution in [0.1, 0.15) is 137 Å². The SMILES string of the molecule is CCCCCCCCCCCCCCCCC[Si](CCCC)(OCC)OCC. The molecule has 0 radical (unpaired) electrons. The second-order valence-electron chi connectivity index (χ2n) is 8.58. The van der Waals surface area contributed by atoms with Gasteiger partial charge in [0.15, 0.2) is 0 Å². The van der Waals surface area contributed by atoms with Crippen molar-refractivity contribution >= 4 is 8.56 Å². The van der Waals surface area contributed by atoms with Crippen LogP contribution in [0.2, 0.25) is 12.1 Å². The van der Waals surface area contributed by atoms with Gasteiger partial charge in [0.1, 0.15) is 0 Å². The zero-order valence-corrected chi connectivity index (χ0v) is 21.2. The lowest BCUT2D eigenvalue weighted by Gasteiger charge is -2.30. The van der Waals surface area contributed by atoms with E-state index in [1.807, 2.05) is 0 Å². The Bertz CT molecular complexity index is 290. The zero-order chi connectivity index (χ0) is 20.8. The molecule has 0 aromatic carbocycles. The first-order valence-electron chi connectivity index (χ1n) is 13.0. The molecule has 2 nitrogen and oxygen atoms in total. The van der Waals surface area contributed by atoms with Gasteiger partial charge in [-0.2, -0.15) is 0 Å². The lowest BCUT2D eigenvalue weighted by Crippen LogP contribution is -2.42. The van der Waals surface area contributed by atoms with Crippen molar-refractivity contribution in [3.63, 3.8) is 0 Å². The normalized spacial score (nSPS) is 12.0. The van der Waals surface area contributed by atoms with Crippen molar-refractivity contribution in [1.29, 1.82) is 0 Å². The first kappa shape index (κ1) is 28.1. The number of hydrogen-bond acceptors (Lipinski definition) is 2. The standard InChI is InChI=1S/C25H54O2Si/c1-5-9-11-12-13-14-15-16-17-18-19-20-21-22-23-25-28(26-7-3,27-8-4)24-10-6-2/h5-25H2,1-4H3. The summed E-state index contributed by atoms with van der Waals surface area (Å²) in [5.74, 6) is 0. The lowest BCUT2D eigenvalue weighted by molar-refractivity contribution is 0.180. The summed E-state index contributed by atoms with van der Waals surface area (Å²) in [4.78, 5) is 0. The first-order valence-corrected chi connectivity index (χ1v) is 15.3. The van der Waals surface area contributed by atoms with Gasteiger partial charge in [-0.3, -0.25) is 0 Å². The van der Waals surface area contributed by atoms with Crippen LogP contribution in [0.4, 0.5) is 0 Å². The van der Waals surface area contributed by atoms with E-state index in [1.54, 1.807) is 0 Å². The predicted molar refractivity (Wildman–Crippen MR) is 128 cm³/mol. The number of unbranched alkanes of at least 4 members (excludes halogenated alkanes) is 15. The molecule has 0 aromatic heterocycles. The van der Waals surface area contributed by atoms with Crippen molar-refractivity contribution in [2.75, 3.05) is 13.2 Å². The molecule has 170 valence electrons. The highest BCUT2D eigenvalue weighted by molar-refractivity contribution is 6.67. The van der Waals surface area contributed by atoms with Gasteiger partial charge in [0.05, 0.1) is 0 Å². The van der Waals surface area contributed by atoms with Crippen molar-refractivity contribution in [2.24, 2.45) is 0 Å². The van der Waals surface area contributed by atoms with E-state index in [9.17, 15) is 0 Å². The molecule has 0 N–H and O–H groups in total. The predicted octanol–water partition coefficient (Wildman–Crippen LogP) is 9.17. The van der Waals surface area contributed by atoms with E-state index >= 15 is 0 Å². The van der Waals surface area contributed by atoms with Crippen LogP contribution >= 0.6 is 0 Å². The molecule has 0 saturated carbocycles. The summed E-state index contributed by atoms with van der Waals surface area (Å²) in [6.45, 7) is 10.4. The van der Waals surface area contributed by atoms with Gasteiger partial charge in [0.25, 0.3) is 0 Å². The second kappa shape index (κ2) is 21.8. The molecule has 0 aliphatic rings. The van der Waals surface area contributed by atoms with E-state index in [-0.39, 0.29) is 0 Å². The summed E-state index contributed by atoms with van der Waals surface area (Å²) < 4.78 is 12.4. The largest absolute Gasteiger partial charge is 0.394 e. The summed E-state index contributed by atoms with van der Waals surface area (Å²) >= 11 is 0. The third-order valence-electron chi connectivity index (χ3n) is 5.89. The average Bonchev–Trinajstić information content (AvgIpc) is 2.69. The van der Waals surface area contributed by atoms with E-state index in [2.05, 4.69) is 27.7 Å². The maximum atomic E-state index is 6.21. The molecule has 0 bridgehead atoms. The maximum absolute atomic E-state index is 6.21. The fourth-order valence-corrected chi connectivity index (χ4v) is 7.84. The highest BCUT2D eigenvalue weighted by atomic mass is 28.4. The molecule has 0 rings (SSSR count). The third kappa shape index (κ3) is 17.0. The first-order chi connectivity index (χ1) is 13.7. The van der Waals surface area contributed by atoms with Crippen molar-refractivity contribution in [2.45, 2.75) is 149 Å². The fraction of sp³-hybridized carbons (Fsp3) is 1.00. The molecule has 0 heterocycles. The smallest absolute Gasteiger partial charge is 0.338 e. The van der Waals surface area contributed by atoms with Gasteiger partial charge in [-0.25, -0.2) is 0 Å². The molecule has 0 amide bonds. The Hall–Kier alpha value is 0.137. The van der Waals surface area contributed by atoms with E-state index in [1.165, 1.54) is 121 Å². The summed E-state index contributed by atoms with van der Waals surface area (Å²) in [5, 5.41) is 0. The van der Waals surface area contributed by atoms with Gasteiger partial charge in [0, 0.05) is 13.2 Å². The highest BCUT2D eigenvalue weighted by Gasteiger charge is 2.35. The molecule has 0 spiro atoms. The second-order valence-corrected chi connectivity index (χ2v) is 12.0. The van der Waals surface area contributed by atoms with Crippen LogP contribution in [0.3, 0.4) is 0 Å². The van der Waals surface area contributed by atoms with Gasteiger partial charge in [-0.15, -0.1) is 0 Å². The van der Waals surface area contributed by atoms with Crippen molar-refractivity contribution in [3.05, 3.63) is 0 Å². The number of hydrogen-bond donors (Lipinski definition) is 0. The minimum Gasteiger partial charge on any atom is -0.394 e. The van der Waals surface area contributed by atoms with Crippen LogP contribution in [0.5, 0.6) is 0 Å². The van der Waals surface area contributed by atoms with E-state index in [4.69, 9.17) is 8.85 Å². The zero-order valence-electron chi connectivity index (χ0n) is 20.2. The lowest BCUT2D eigenvalue weighted by atomic mass is 10.0. The Morgan fingerprint density at radius 2 is 0.714 bits per heavy atom. The summed E-state index contributed by atoms with van der Waals surface area (Å²) in [7, 11) is -1.92. The van der Waals surface area contributed by atoms with E-state index < -0.39 is 8.56 Å². The van der Waals surface area contributed by atoms with Crippen LogP contribution in [0.15, 0.2) is 0 Å². The molecule has 0 aromatic rings. The number of rotatable bonds is 23. The van der Waals surface area contributed by atoms with Crippen molar-refractivity contribution in [1.82, 2.24) is 0 Å². The Morgan fingerprint density at radius 3 is 1.07 bits per heavy atom. The van der Waals surface area contributed by atoms with Crippen molar-refractivity contribution < 1.29 is 8.85 Å². The average molecular weight is 415 g/mol. The quantitative estimate of drug-likeness (QED) is 0.122. The molecule has 0 atom stereocenters. The van der Waals surface area contributed by atoms with Crippen molar-refractivity contribution in [3.8, 4) is 0 Å². The minimum absolute atomic E-state index is 0.814. The minimum atomic E-state index is -1.92. The molecular formula is C25H54O2Si. The maximum Gasteiger partial charge on any atom is 0.338 e. The van der Waals surface area contributed by atoms with Crippen LogP contribution in [-0.2, 0) is 8.85 Å². The summed E-state index contributed by atoms with van der Waals surface area (Å²) in [6, 6.07) is 2.39. The molecule has 3 heteroatoms. The van der Waals surface area contributed by atoms with Crippen LogP contribution < -0.4 is 0 Å². The Labute approximate surface area is 179 Å². The van der Waals surface area contributed by atoms with E-state index in [0.29, 0.717) is 0 Å². The molecule has 0 unspecified atom stereocenters. The Morgan fingerprint density at radius 1 is 0.393 bits per heavy atom. The van der Waals surface area contributed by atoms with Gasteiger partial charge in [-0.1, -0.05) is 123 Å². The van der Waals surface area contributed by atoms with Gasteiger partial charge in [-0.05, 0) is 25.9 Å². The summed E-state index contributed by atoms with van der Waals surface area (Å²) in [5.41, 5.74) is 0.